The highest BCUT2D eigenvalue weighted by Gasteiger charge is 2.22. The van der Waals surface area contributed by atoms with Gasteiger partial charge in [0.2, 0.25) is 10.0 Å². The van der Waals surface area contributed by atoms with Crippen LogP contribution in [0.25, 0.3) is 0 Å². The molecule has 0 spiro atoms. The molecule has 0 fully saturated rings. The first-order valence-electron chi connectivity index (χ1n) is 8.33. The fraction of sp³-hybridized carbons (Fsp3) is 0.368. The Morgan fingerprint density at radius 2 is 1.71 bits per heavy atom. The van der Waals surface area contributed by atoms with Gasteiger partial charge in [-0.2, -0.15) is 4.31 Å². The lowest BCUT2D eigenvalue weighted by molar-refractivity contribution is 0.287. The van der Waals surface area contributed by atoms with Crippen LogP contribution in [0.2, 0.25) is 0 Å². The van der Waals surface area contributed by atoms with E-state index in [1.165, 1.54) is 21.9 Å². The van der Waals surface area contributed by atoms with Crippen molar-refractivity contribution < 1.29 is 13.2 Å². The van der Waals surface area contributed by atoms with Gasteiger partial charge in [-0.15, -0.1) is 0 Å². The molecule has 0 bridgehead atoms. The second-order valence-corrected chi connectivity index (χ2v) is 8.17. The predicted octanol–water partition coefficient (Wildman–Crippen LogP) is 3.26. The summed E-state index contributed by atoms with van der Waals surface area (Å²) in [5.74, 6) is 0.747. The van der Waals surface area contributed by atoms with E-state index >= 15 is 0 Å². The van der Waals surface area contributed by atoms with Gasteiger partial charge >= 0.3 is 0 Å². The Bertz CT molecular complexity index is 788. The molecular formula is C19H23NO3S. The molecule has 0 saturated heterocycles. The minimum Gasteiger partial charge on any atom is -0.492 e. The Balaban J connectivity index is 1.66. The number of sulfonamides is 1. The van der Waals surface area contributed by atoms with Gasteiger partial charge in [0.1, 0.15) is 12.4 Å². The zero-order valence-corrected chi connectivity index (χ0v) is 14.8. The van der Waals surface area contributed by atoms with E-state index < -0.39 is 10.0 Å². The van der Waals surface area contributed by atoms with Gasteiger partial charge in [-0.1, -0.05) is 24.3 Å². The minimum atomic E-state index is -3.47. The maximum absolute atomic E-state index is 12.7. The highest BCUT2D eigenvalue weighted by Crippen LogP contribution is 2.25. The van der Waals surface area contributed by atoms with E-state index in [1.807, 2.05) is 42.5 Å². The maximum atomic E-state index is 12.7. The first kappa shape index (κ1) is 17.0. The Morgan fingerprint density at radius 1 is 1.00 bits per heavy atom. The van der Waals surface area contributed by atoms with E-state index in [4.69, 9.17) is 4.74 Å². The van der Waals surface area contributed by atoms with Crippen LogP contribution < -0.4 is 4.74 Å². The van der Waals surface area contributed by atoms with Gasteiger partial charge < -0.3 is 4.74 Å². The fourth-order valence-electron chi connectivity index (χ4n) is 2.98. The van der Waals surface area contributed by atoms with Gasteiger partial charge in [-0.05, 0) is 61.1 Å². The molecule has 128 valence electrons. The van der Waals surface area contributed by atoms with Gasteiger partial charge in [0, 0.05) is 13.6 Å². The molecule has 1 aliphatic rings. The smallest absolute Gasteiger partial charge is 0.242 e. The van der Waals surface area contributed by atoms with Crippen molar-refractivity contribution in [1.82, 2.24) is 4.31 Å². The Labute approximate surface area is 144 Å². The second-order valence-electron chi connectivity index (χ2n) is 6.13. The average Bonchev–Trinajstić information content (AvgIpc) is 2.62. The highest BCUT2D eigenvalue weighted by molar-refractivity contribution is 7.89. The van der Waals surface area contributed by atoms with Crippen LogP contribution in [-0.2, 0) is 22.9 Å². The lowest BCUT2D eigenvalue weighted by Crippen LogP contribution is -2.31. The van der Waals surface area contributed by atoms with Crippen molar-refractivity contribution >= 4 is 10.0 Å². The SMILES string of the molecule is CN(CCOc1ccccc1)S(=O)(=O)c1ccc2c(c1)CCCC2. The third kappa shape index (κ3) is 3.79. The summed E-state index contributed by atoms with van der Waals surface area (Å²) in [5.41, 5.74) is 2.46. The number of para-hydroxylation sites is 1. The molecule has 0 atom stereocenters. The van der Waals surface area contributed by atoms with E-state index in [2.05, 4.69) is 0 Å². The number of nitrogens with zero attached hydrogens (tertiary/aromatic N) is 1. The van der Waals surface area contributed by atoms with Crippen molar-refractivity contribution in [2.24, 2.45) is 0 Å². The van der Waals surface area contributed by atoms with Crippen LogP contribution >= 0.6 is 0 Å². The first-order chi connectivity index (χ1) is 11.6. The Kier molecular flexibility index (Phi) is 5.21. The topological polar surface area (TPSA) is 46.6 Å². The van der Waals surface area contributed by atoms with E-state index in [9.17, 15) is 8.42 Å². The highest BCUT2D eigenvalue weighted by atomic mass is 32.2. The standard InChI is InChI=1S/C19H23NO3S/c1-20(13-14-23-18-9-3-2-4-10-18)24(21,22)19-12-11-16-7-5-6-8-17(16)15-19/h2-4,9-12,15H,5-8,13-14H2,1H3. The number of benzene rings is 2. The summed E-state index contributed by atoms with van der Waals surface area (Å²) in [7, 11) is -1.87. The normalized spacial score (nSPS) is 14.4. The van der Waals surface area contributed by atoms with E-state index in [-0.39, 0.29) is 0 Å². The second kappa shape index (κ2) is 7.36. The van der Waals surface area contributed by atoms with Gasteiger partial charge in [-0.3, -0.25) is 0 Å². The Hall–Kier alpha value is -1.85. The third-order valence-electron chi connectivity index (χ3n) is 4.45. The lowest BCUT2D eigenvalue weighted by Gasteiger charge is -2.20. The number of hydrogen-bond acceptors (Lipinski definition) is 3. The van der Waals surface area contributed by atoms with Gasteiger partial charge in [0.05, 0.1) is 4.90 Å². The van der Waals surface area contributed by atoms with Crippen molar-refractivity contribution in [3.05, 3.63) is 59.7 Å². The summed E-state index contributed by atoms with van der Waals surface area (Å²) >= 11 is 0. The molecule has 0 saturated carbocycles. The number of likely N-dealkylation sites (N-methyl/N-ethyl adjacent to an activating group) is 1. The average molecular weight is 345 g/mol. The predicted molar refractivity (Wildman–Crippen MR) is 94.8 cm³/mol. The van der Waals surface area contributed by atoms with E-state index in [0.717, 1.165) is 25.0 Å². The molecule has 4 nitrogen and oxygen atoms in total. The zero-order chi connectivity index (χ0) is 17.0. The van der Waals surface area contributed by atoms with Crippen LogP contribution in [0, 0.1) is 0 Å². The van der Waals surface area contributed by atoms with Crippen LogP contribution in [0.1, 0.15) is 24.0 Å². The molecular weight excluding hydrogens is 322 g/mol. The third-order valence-corrected chi connectivity index (χ3v) is 6.30. The summed E-state index contributed by atoms with van der Waals surface area (Å²) in [6.07, 6.45) is 4.35. The molecule has 0 unspecified atom stereocenters. The quantitative estimate of drug-likeness (QED) is 0.807. The number of hydrogen-bond donors (Lipinski definition) is 0. The lowest BCUT2D eigenvalue weighted by atomic mass is 9.92. The molecule has 0 aliphatic heterocycles. The maximum Gasteiger partial charge on any atom is 0.242 e. The molecule has 24 heavy (non-hydrogen) atoms. The minimum absolute atomic E-state index is 0.314. The summed E-state index contributed by atoms with van der Waals surface area (Å²) in [6.45, 7) is 0.638. The summed E-state index contributed by atoms with van der Waals surface area (Å²) in [4.78, 5) is 0.380. The van der Waals surface area contributed by atoms with E-state index in [1.54, 1.807) is 13.1 Å². The Morgan fingerprint density at radius 3 is 2.46 bits per heavy atom. The molecule has 3 rings (SSSR count). The van der Waals surface area contributed by atoms with Crippen molar-refractivity contribution in [2.75, 3.05) is 20.2 Å². The molecule has 5 heteroatoms. The molecule has 0 N–H and O–H groups in total. The molecule has 2 aromatic carbocycles. The largest absolute Gasteiger partial charge is 0.492 e. The number of aryl methyl sites for hydroxylation is 2. The van der Waals surface area contributed by atoms with Gasteiger partial charge in [-0.25, -0.2) is 8.42 Å². The van der Waals surface area contributed by atoms with Crippen molar-refractivity contribution in [3.8, 4) is 5.75 Å². The van der Waals surface area contributed by atoms with E-state index in [0.29, 0.717) is 18.0 Å². The van der Waals surface area contributed by atoms with Crippen LogP contribution in [0.4, 0.5) is 0 Å². The number of fused-ring (bicyclic) bond motifs is 1. The van der Waals surface area contributed by atoms with Crippen LogP contribution in [0.5, 0.6) is 5.75 Å². The molecule has 0 amide bonds. The number of ether oxygens (including phenoxy) is 1. The molecule has 0 radical (unpaired) electrons. The molecule has 1 aliphatic carbocycles. The first-order valence-corrected chi connectivity index (χ1v) is 9.77. The zero-order valence-electron chi connectivity index (χ0n) is 13.9. The van der Waals surface area contributed by atoms with Crippen LogP contribution in [-0.4, -0.2) is 32.9 Å². The van der Waals surface area contributed by atoms with Gasteiger partial charge in [0.25, 0.3) is 0 Å². The van der Waals surface area contributed by atoms with Crippen LogP contribution in [0.3, 0.4) is 0 Å². The molecule has 0 aromatic heterocycles. The summed E-state index contributed by atoms with van der Waals surface area (Å²) in [6, 6.07) is 15.0. The van der Waals surface area contributed by atoms with Crippen molar-refractivity contribution in [1.29, 1.82) is 0 Å². The van der Waals surface area contributed by atoms with Crippen molar-refractivity contribution in [3.63, 3.8) is 0 Å². The monoisotopic (exact) mass is 345 g/mol. The summed E-state index contributed by atoms with van der Waals surface area (Å²) < 4.78 is 32.4. The van der Waals surface area contributed by atoms with Crippen LogP contribution in [0.15, 0.2) is 53.4 Å². The number of rotatable bonds is 6. The van der Waals surface area contributed by atoms with Crippen molar-refractivity contribution in [2.45, 2.75) is 30.6 Å². The summed E-state index contributed by atoms with van der Waals surface area (Å²) in [5, 5.41) is 0. The molecule has 2 aromatic rings. The molecule has 0 heterocycles. The van der Waals surface area contributed by atoms with Gasteiger partial charge in [0.15, 0.2) is 0 Å². The fourth-order valence-corrected chi connectivity index (χ4v) is 4.19.